The monoisotopic (exact) mass is 330 g/mol. The molecule has 2 amide bonds. The summed E-state index contributed by atoms with van der Waals surface area (Å²) in [6.07, 6.45) is 2.77. The summed E-state index contributed by atoms with van der Waals surface area (Å²) in [5.74, 6) is 0.210. The lowest BCUT2D eigenvalue weighted by Gasteiger charge is -2.31. The summed E-state index contributed by atoms with van der Waals surface area (Å²) in [7, 11) is 0. The maximum Gasteiger partial charge on any atom is 0.260 e. The van der Waals surface area contributed by atoms with Crippen molar-refractivity contribution in [3.63, 3.8) is 0 Å². The third-order valence-electron chi connectivity index (χ3n) is 4.00. The van der Waals surface area contributed by atoms with Crippen LogP contribution in [0.5, 0.6) is 5.75 Å². The molecule has 0 spiro atoms. The number of hydrogen-bond donors (Lipinski definition) is 1. The first-order valence-corrected chi connectivity index (χ1v) is 7.70. The van der Waals surface area contributed by atoms with Gasteiger partial charge in [0.1, 0.15) is 5.75 Å². The van der Waals surface area contributed by atoms with E-state index in [0.717, 1.165) is 18.4 Å². The Balaban J connectivity index is 1.53. The number of ether oxygens (including phenoxy) is 1. The van der Waals surface area contributed by atoms with Crippen molar-refractivity contribution in [1.82, 2.24) is 15.1 Å². The molecule has 126 valence electrons. The highest BCUT2D eigenvalue weighted by Crippen LogP contribution is 2.21. The highest BCUT2D eigenvalue weighted by atomic mass is 16.5. The number of nitrogens with two attached hydrogens (primary N) is 1. The average molecular weight is 330 g/mol. The van der Waals surface area contributed by atoms with Crippen LogP contribution in [0.4, 0.5) is 0 Å². The molecule has 0 aliphatic carbocycles. The minimum Gasteiger partial charge on any atom is -0.484 e. The number of primary amides is 1. The first kappa shape index (κ1) is 16.0. The van der Waals surface area contributed by atoms with Crippen molar-refractivity contribution < 1.29 is 18.7 Å². The predicted octanol–water partition coefficient (Wildman–Crippen LogP) is 0.839. The Kier molecular flexibility index (Phi) is 4.74. The van der Waals surface area contributed by atoms with Gasteiger partial charge in [-0.1, -0.05) is 0 Å². The second-order valence-electron chi connectivity index (χ2n) is 5.64. The van der Waals surface area contributed by atoms with Gasteiger partial charge in [0.2, 0.25) is 18.2 Å². The maximum absolute atomic E-state index is 12.2. The molecule has 8 nitrogen and oxygen atoms in total. The van der Waals surface area contributed by atoms with Crippen LogP contribution >= 0.6 is 0 Å². The van der Waals surface area contributed by atoms with Crippen LogP contribution in [0.15, 0.2) is 35.1 Å². The lowest BCUT2D eigenvalue weighted by Crippen LogP contribution is -2.45. The van der Waals surface area contributed by atoms with E-state index in [4.69, 9.17) is 14.9 Å². The van der Waals surface area contributed by atoms with Gasteiger partial charge in [0.05, 0.1) is 5.92 Å². The summed E-state index contributed by atoms with van der Waals surface area (Å²) >= 11 is 0. The van der Waals surface area contributed by atoms with E-state index < -0.39 is 0 Å². The third kappa shape index (κ3) is 3.70. The smallest absolute Gasteiger partial charge is 0.260 e. The highest BCUT2D eigenvalue weighted by Gasteiger charge is 2.27. The van der Waals surface area contributed by atoms with Gasteiger partial charge in [-0.15, -0.1) is 10.2 Å². The number of hydrogen-bond acceptors (Lipinski definition) is 6. The average Bonchev–Trinajstić information content (AvgIpc) is 3.15. The molecule has 1 saturated heterocycles. The van der Waals surface area contributed by atoms with Crippen molar-refractivity contribution in [3.8, 4) is 17.2 Å². The first-order chi connectivity index (χ1) is 11.6. The summed E-state index contributed by atoms with van der Waals surface area (Å²) in [6.45, 7) is 0.918. The number of nitrogens with zero attached hydrogens (tertiary/aromatic N) is 3. The zero-order valence-corrected chi connectivity index (χ0v) is 13.1. The van der Waals surface area contributed by atoms with Crippen molar-refractivity contribution in [2.24, 2.45) is 11.7 Å². The molecular formula is C16H18N4O4. The van der Waals surface area contributed by atoms with E-state index in [0.29, 0.717) is 24.7 Å². The second-order valence-corrected chi connectivity index (χ2v) is 5.64. The molecule has 1 aliphatic rings. The van der Waals surface area contributed by atoms with Gasteiger partial charge in [-0.3, -0.25) is 9.59 Å². The van der Waals surface area contributed by atoms with Gasteiger partial charge in [0, 0.05) is 18.7 Å². The minimum absolute atomic E-state index is 0.0780. The van der Waals surface area contributed by atoms with Crippen LogP contribution < -0.4 is 10.5 Å². The first-order valence-electron chi connectivity index (χ1n) is 7.70. The van der Waals surface area contributed by atoms with Crippen molar-refractivity contribution in [2.75, 3.05) is 19.7 Å². The van der Waals surface area contributed by atoms with Crippen LogP contribution in [0.3, 0.4) is 0 Å². The molecule has 1 aromatic carbocycles. The lowest BCUT2D eigenvalue weighted by atomic mass is 9.97. The fraction of sp³-hybridized carbons (Fsp3) is 0.375. The second kappa shape index (κ2) is 7.12. The van der Waals surface area contributed by atoms with Gasteiger partial charge in [-0.25, -0.2) is 0 Å². The molecule has 1 atom stereocenters. The normalized spacial score (nSPS) is 17.5. The third-order valence-corrected chi connectivity index (χ3v) is 4.00. The topological polar surface area (TPSA) is 112 Å². The van der Waals surface area contributed by atoms with E-state index in [9.17, 15) is 9.59 Å². The molecule has 0 bridgehead atoms. The number of rotatable bonds is 5. The predicted molar refractivity (Wildman–Crippen MR) is 83.7 cm³/mol. The summed E-state index contributed by atoms with van der Waals surface area (Å²) < 4.78 is 10.6. The van der Waals surface area contributed by atoms with Crippen molar-refractivity contribution in [2.45, 2.75) is 12.8 Å². The Hall–Kier alpha value is -2.90. The number of piperidine rings is 1. The van der Waals surface area contributed by atoms with Gasteiger partial charge < -0.3 is 19.8 Å². The van der Waals surface area contributed by atoms with Crippen molar-refractivity contribution in [1.29, 1.82) is 0 Å². The van der Waals surface area contributed by atoms with E-state index in [-0.39, 0.29) is 24.3 Å². The number of amides is 2. The van der Waals surface area contributed by atoms with Crippen LogP contribution in [0.2, 0.25) is 0 Å². The maximum atomic E-state index is 12.2. The molecule has 2 heterocycles. The van der Waals surface area contributed by atoms with Gasteiger partial charge in [-0.05, 0) is 37.1 Å². The van der Waals surface area contributed by atoms with E-state index in [1.54, 1.807) is 29.2 Å². The zero-order chi connectivity index (χ0) is 16.9. The molecule has 1 fully saturated rings. The Bertz CT molecular complexity index is 699. The zero-order valence-electron chi connectivity index (χ0n) is 13.1. The molecule has 0 radical (unpaired) electrons. The number of benzene rings is 1. The van der Waals surface area contributed by atoms with Crippen molar-refractivity contribution >= 4 is 11.8 Å². The molecule has 24 heavy (non-hydrogen) atoms. The minimum atomic E-state index is -0.356. The fourth-order valence-electron chi connectivity index (χ4n) is 2.66. The van der Waals surface area contributed by atoms with Gasteiger partial charge >= 0.3 is 0 Å². The summed E-state index contributed by atoms with van der Waals surface area (Å²) in [6, 6.07) is 7.01. The molecule has 2 aromatic rings. The van der Waals surface area contributed by atoms with Gasteiger partial charge in [-0.2, -0.15) is 0 Å². The fourth-order valence-corrected chi connectivity index (χ4v) is 2.66. The molecule has 1 aromatic heterocycles. The number of aromatic nitrogens is 2. The Morgan fingerprint density at radius 2 is 2.12 bits per heavy atom. The summed E-state index contributed by atoms with van der Waals surface area (Å²) in [5.41, 5.74) is 6.09. The van der Waals surface area contributed by atoms with E-state index in [1.165, 1.54) is 6.39 Å². The van der Waals surface area contributed by atoms with E-state index in [2.05, 4.69) is 10.2 Å². The Labute approximate surface area is 138 Å². The van der Waals surface area contributed by atoms with Crippen LogP contribution in [0, 0.1) is 5.92 Å². The summed E-state index contributed by atoms with van der Waals surface area (Å²) in [4.78, 5) is 25.1. The van der Waals surface area contributed by atoms with Crippen molar-refractivity contribution in [3.05, 3.63) is 30.7 Å². The van der Waals surface area contributed by atoms with Crippen LogP contribution in [-0.4, -0.2) is 46.6 Å². The number of carbonyl (C=O) groups excluding carboxylic acids is 2. The molecular weight excluding hydrogens is 312 g/mol. The van der Waals surface area contributed by atoms with Gasteiger partial charge in [0.15, 0.2) is 6.61 Å². The van der Waals surface area contributed by atoms with E-state index in [1.807, 2.05) is 0 Å². The molecule has 2 N–H and O–H groups in total. The Morgan fingerprint density at radius 3 is 2.79 bits per heavy atom. The standard InChI is InChI=1S/C16H18N4O4/c17-15(22)12-2-1-7-20(8-12)14(21)9-23-13-5-3-11(4-6-13)16-19-18-10-24-16/h3-6,10,12H,1-2,7-9H2,(H2,17,22). The highest BCUT2D eigenvalue weighted by molar-refractivity contribution is 5.81. The van der Waals surface area contributed by atoms with E-state index >= 15 is 0 Å². The van der Waals surface area contributed by atoms with Crippen LogP contribution in [0.1, 0.15) is 12.8 Å². The molecule has 1 unspecified atom stereocenters. The number of carbonyl (C=O) groups is 2. The largest absolute Gasteiger partial charge is 0.484 e. The Morgan fingerprint density at radius 1 is 1.33 bits per heavy atom. The van der Waals surface area contributed by atoms with Crippen LogP contribution in [-0.2, 0) is 9.59 Å². The van der Waals surface area contributed by atoms with Gasteiger partial charge in [0.25, 0.3) is 5.91 Å². The SMILES string of the molecule is NC(=O)C1CCCN(C(=O)COc2ccc(-c3nnco3)cc2)C1. The molecule has 8 heteroatoms. The number of likely N-dealkylation sites (tertiary alicyclic amines) is 1. The molecule has 3 rings (SSSR count). The lowest BCUT2D eigenvalue weighted by molar-refractivity contribution is -0.136. The summed E-state index contributed by atoms with van der Waals surface area (Å²) in [5, 5.41) is 7.44. The molecule has 1 aliphatic heterocycles. The van der Waals surface area contributed by atoms with Crippen LogP contribution in [0.25, 0.3) is 11.5 Å². The quantitative estimate of drug-likeness (QED) is 0.869. The molecule has 0 saturated carbocycles.